The van der Waals surface area contributed by atoms with Crippen molar-refractivity contribution in [2.24, 2.45) is 0 Å². The summed E-state index contributed by atoms with van der Waals surface area (Å²) in [7, 11) is 1.71. The van der Waals surface area contributed by atoms with Gasteiger partial charge >= 0.3 is 0 Å². The first-order valence-electron chi connectivity index (χ1n) is 4.94. The SMILES string of the molecule is COCCC(C)Nc1ccc(Br)cc1N. The normalized spacial score (nSPS) is 12.5. The van der Waals surface area contributed by atoms with Crippen LogP contribution in [0.3, 0.4) is 0 Å². The third-order valence-corrected chi connectivity index (χ3v) is 2.66. The third kappa shape index (κ3) is 4.10. The van der Waals surface area contributed by atoms with E-state index >= 15 is 0 Å². The summed E-state index contributed by atoms with van der Waals surface area (Å²) in [6.45, 7) is 2.87. The van der Waals surface area contributed by atoms with E-state index in [2.05, 4.69) is 28.2 Å². The number of halogens is 1. The van der Waals surface area contributed by atoms with Crippen LogP contribution in [0.15, 0.2) is 22.7 Å². The number of nitrogen functional groups attached to an aromatic ring is 1. The van der Waals surface area contributed by atoms with Gasteiger partial charge in [0.05, 0.1) is 11.4 Å². The second-order valence-electron chi connectivity index (χ2n) is 3.56. The Hall–Kier alpha value is -0.740. The Balaban J connectivity index is 2.56. The zero-order chi connectivity index (χ0) is 11.3. The zero-order valence-corrected chi connectivity index (χ0v) is 10.7. The van der Waals surface area contributed by atoms with Gasteiger partial charge in [-0.05, 0) is 31.5 Å². The van der Waals surface area contributed by atoms with E-state index in [1.54, 1.807) is 7.11 Å². The lowest BCUT2D eigenvalue weighted by Gasteiger charge is -2.16. The van der Waals surface area contributed by atoms with Gasteiger partial charge in [-0.25, -0.2) is 0 Å². The van der Waals surface area contributed by atoms with Crippen LogP contribution in [0, 0.1) is 0 Å². The molecule has 1 unspecified atom stereocenters. The Bertz CT molecular complexity index is 317. The van der Waals surface area contributed by atoms with Gasteiger partial charge in [0.25, 0.3) is 0 Å². The van der Waals surface area contributed by atoms with Crippen LogP contribution in [0.1, 0.15) is 13.3 Å². The number of methoxy groups -OCH3 is 1. The molecule has 0 spiro atoms. The molecule has 0 heterocycles. The lowest BCUT2D eigenvalue weighted by Crippen LogP contribution is -2.17. The smallest absolute Gasteiger partial charge is 0.0576 e. The van der Waals surface area contributed by atoms with E-state index in [9.17, 15) is 0 Å². The predicted molar refractivity (Wildman–Crippen MR) is 68.1 cm³/mol. The van der Waals surface area contributed by atoms with Gasteiger partial charge < -0.3 is 15.8 Å². The van der Waals surface area contributed by atoms with Crippen molar-refractivity contribution in [2.75, 3.05) is 24.8 Å². The lowest BCUT2D eigenvalue weighted by atomic mass is 10.2. The molecule has 1 rings (SSSR count). The molecule has 1 aromatic rings. The van der Waals surface area contributed by atoms with Crippen LogP contribution in [0.5, 0.6) is 0 Å². The van der Waals surface area contributed by atoms with E-state index < -0.39 is 0 Å². The molecule has 0 aliphatic heterocycles. The van der Waals surface area contributed by atoms with Crippen LogP contribution < -0.4 is 11.1 Å². The van der Waals surface area contributed by atoms with Crippen molar-refractivity contribution in [1.82, 2.24) is 0 Å². The maximum Gasteiger partial charge on any atom is 0.0576 e. The highest BCUT2D eigenvalue weighted by Gasteiger charge is 2.04. The third-order valence-electron chi connectivity index (χ3n) is 2.17. The topological polar surface area (TPSA) is 47.3 Å². The van der Waals surface area contributed by atoms with Crippen molar-refractivity contribution >= 4 is 27.3 Å². The molecule has 0 amide bonds. The average molecular weight is 273 g/mol. The molecule has 0 aliphatic rings. The summed E-state index contributed by atoms with van der Waals surface area (Å²) in [5.74, 6) is 0. The van der Waals surface area contributed by atoms with Gasteiger partial charge in [0.2, 0.25) is 0 Å². The standard InChI is InChI=1S/C11H17BrN2O/c1-8(5-6-15-2)14-11-4-3-9(12)7-10(11)13/h3-4,7-8,14H,5-6,13H2,1-2H3. The molecular weight excluding hydrogens is 256 g/mol. The molecular formula is C11H17BrN2O. The Morgan fingerprint density at radius 3 is 2.87 bits per heavy atom. The fourth-order valence-corrected chi connectivity index (χ4v) is 1.68. The summed E-state index contributed by atoms with van der Waals surface area (Å²) < 4.78 is 6.02. The Kier molecular flexibility index (Phi) is 4.91. The van der Waals surface area contributed by atoms with Gasteiger partial charge in [0, 0.05) is 24.2 Å². The number of hydrogen-bond donors (Lipinski definition) is 2. The molecule has 0 aliphatic carbocycles. The molecule has 0 saturated carbocycles. The number of rotatable bonds is 5. The average Bonchev–Trinajstić information content (AvgIpc) is 2.19. The molecule has 0 fully saturated rings. The minimum atomic E-state index is 0.355. The minimum absolute atomic E-state index is 0.355. The van der Waals surface area contributed by atoms with E-state index in [-0.39, 0.29) is 0 Å². The first-order chi connectivity index (χ1) is 7.13. The van der Waals surface area contributed by atoms with Gasteiger partial charge in [-0.1, -0.05) is 15.9 Å². The van der Waals surface area contributed by atoms with Gasteiger partial charge in [-0.2, -0.15) is 0 Å². The maximum atomic E-state index is 5.87. The Morgan fingerprint density at radius 2 is 2.27 bits per heavy atom. The molecule has 3 N–H and O–H groups in total. The van der Waals surface area contributed by atoms with Gasteiger partial charge in [-0.3, -0.25) is 0 Å². The highest BCUT2D eigenvalue weighted by atomic mass is 79.9. The van der Waals surface area contributed by atoms with Crippen LogP contribution in [0.2, 0.25) is 0 Å². The predicted octanol–water partition coefficient (Wildman–Crippen LogP) is 2.87. The molecule has 0 radical (unpaired) electrons. The monoisotopic (exact) mass is 272 g/mol. The summed E-state index contributed by atoms with van der Waals surface area (Å²) in [6, 6.07) is 6.20. The fraction of sp³-hybridized carbons (Fsp3) is 0.455. The summed E-state index contributed by atoms with van der Waals surface area (Å²) in [5.41, 5.74) is 7.61. The zero-order valence-electron chi connectivity index (χ0n) is 9.09. The first kappa shape index (κ1) is 12.3. The van der Waals surface area contributed by atoms with Crippen LogP contribution in [0.4, 0.5) is 11.4 Å². The molecule has 15 heavy (non-hydrogen) atoms. The van der Waals surface area contributed by atoms with Crippen molar-refractivity contribution < 1.29 is 4.74 Å². The van der Waals surface area contributed by atoms with E-state index in [0.29, 0.717) is 6.04 Å². The van der Waals surface area contributed by atoms with Crippen molar-refractivity contribution in [3.63, 3.8) is 0 Å². The summed E-state index contributed by atoms with van der Waals surface area (Å²) in [4.78, 5) is 0. The van der Waals surface area contributed by atoms with Crippen LogP contribution >= 0.6 is 15.9 Å². The molecule has 0 bridgehead atoms. The van der Waals surface area contributed by atoms with E-state index in [0.717, 1.165) is 28.9 Å². The molecule has 0 saturated heterocycles. The van der Waals surface area contributed by atoms with E-state index in [1.165, 1.54) is 0 Å². The molecule has 84 valence electrons. The Morgan fingerprint density at radius 1 is 1.53 bits per heavy atom. The summed E-state index contributed by atoms with van der Waals surface area (Å²) >= 11 is 3.38. The van der Waals surface area contributed by atoms with Crippen LogP contribution in [0.25, 0.3) is 0 Å². The van der Waals surface area contributed by atoms with Crippen LogP contribution in [-0.2, 0) is 4.74 Å². The van der Waals surface area contributed by atoms with Crippen molar-refractivity contribution in [1.29, 1.82) is 0 Å². The Labute approximate surface area is 99.1 Å². The second kappa shape index (κ2) is 5.98. The number of nitrogens with two attached hydrogens (primary N) is 1. The minimum Gasteiger partial charge on any atom is -0.397 e. The first-order valence-corrected chi connectivity index (χ1v) is 5.73. The largest absolute Gasteiger partial charge is 0.397 e. The number of hydrogen-bond acceptors (Lipinski definition) is 3. The fourth-order valence-electron chi connectivity index (χ4n) is 1.30. The maximum absolute atomic E-state index is 5.87. The summed E-state index contributed by atoms with van der Waals surface area (Å²) in [5, 5.41) is 3.35. The van der Waals surface area contributed by atoms with Gasteiger partial charge in [-0.15, -0.1) is 0 Å². The lowest BCUT2D eigenvalue weighted by molar-refractivity contribution is 0.191. The second-order valence-corrected chi connectivity index (χ2v) is 4.47. The highest BCUT2D eigenvalue weighted by Crippen LogP contribution is 2.23. The highest BCUT2D eigenvalue weighted by molar-refractivity contribution is 9.10. The molecule has 1 aromatic carbocycles. The van der Waals surface area contributed by atoms with Gasteiger partial charge in [0.1, 0.15) is 0 Å². The van der Waals surface area contributed by atoms with Crippen molar-refractivity contribution in [3.05, 3.63) is 22.7 Å². The quantitative estimate of drug-likeness (QED) is 0.811. The number of nitrogens with one attached hydrogen (secondary N) is 1. The van der Waals surface area contributed by atoms with Gasteiger partial charge in [0.15, 0.2) is 0 Å². The molecule has 4 heteroatoms. The van der Waals surface area contributed by atoms with E-state index in [1.807, 2.05) is 18.2 Å². The number of anilines is 2. The number of ether oxygens (including phenoxy) is 1. The van der Waals surface area contributed by atoms with Crippen molar-refractivity contribution in [2.45, 2.75) is 19.4 Å². The molecule has 1 atom stereocenters. The molecule has 3 nitrogen and oxygen atoms in total. The summed E-state index contributed by atoms with van der Waals surface area (Å²) in [6.07, 6.45) is 0.964. The van der Waals surface area contributed by atoms with E-state index in [4.69, 9.17) is 10.5 Å². The number of benzene rings is 1. The van der Waals surface area contributed by atoms with Crippen molar-refractivity contribution in [3.8, 4) is 0 Å². The molecule has 0 aromatic heterocycles. The van der Waals surface area contributed by atoms with Crippen LogP contribution in [-0.4, -0.2) is 19.8 Å².